The Hall–Kier alpha value is -0.310. The molecular weight excluding hydrogens is 187 g/mol. The number of hydrogen-bond acceptors (Lipinski definition) is 6. The maximum absolute atomic E-state index is 13.0. The molecule has 78 valence electrons. The molecule has 13 heavy (non-hydrogen) atoms. The predicted molar refractivity (Wildman–Crippen MR) is 36.1 cm³/mol. The van der Waals surface area contributed by atoms with Crippen LogP contribution in [0.2, 0.25) is 0 Å². The molecule has 0 bridgehead atoms. The summed E-state index contributed by atoms with van der Waals surface area (Å²) >= 11 is 0. The van der Waals surface area contributed by atoms with E-state index in [2.05, 4.69) is 0 Å². The monoisotopic (exact) mass is 198 g/mol. The van der Waals surface area contributed by atoms with Crippen LogP contribution in [0.5, 0.6) is 0 Å². The van der Waals surface area contributed by atoms with E-state index < -0.39 is 36.4 Å². The number of aliphatic hydroxyl groups excluding tert-OH is 5. The van der Waals surface area contributed by atoms with Crippen LogP contribution in [0.4, 0.5) is 4.39 Å². The maximum atomic E-state index is 13.0. The van der Waals surface area contributed by atoms with Crippen molar-refractivity contribution in [3.8, 4) is 0 Å². The summed E-state index contributed by atoms with van der Waals surface area (Å²) in [5.41, 5.74) is 0. The lowest BCUT2D eigenvalue weighted by molar-refractivity contribution is -0.314. The zero-order valence-corrected chi connectivity index (χ0v) is 6.45. The lowest BCUT2D eigenvalue weighted by atomic mass is 9.83. The Balaban J connectivity index is 2.93. The van der Waals surface area contributed by atoms with Gasteiger partial charge < -0.3 is 30.6 Å². The van der Waals surface area contributed by atoms with Gasteiger partial charge in [0.15, 0.2) is 0 Å². The third kappa shape index (κ3) is 1.43. The van der Waals surface area contributed by atoms with Crippen molar-refractivity contribution >= 4 is 0 Å². The van der Waals surface area contributed by atoms with Gasteiger partial charge in [0.2, 0.25) is 0 Å². The minimum absolute atomic E-state index is 1.90. The van der Waals surface area contributed by atoms with Gasteiger partial charge in [-0.1, -0.05) is 0 Å². The van der Waals surface area contributed by atoms with Crippen molar-refractivity contribution in [1.82, 2.24) is 0 Å². The van der Waals surface area contributed by atoms with Crippen LogP contribution < -0.4 is 0 Å². The Morgan fingerprint density at radius 1 is 0.769 bits per heavy atom. The molecule has 0 aliphatic heterocycles. The van der Waals surface area contributed by atoms with Crippen LogP contribution in [0.3, 0.4) is 0 Å². The molecule has 0 aromatic rings. The highest BCUT2D eigenvalue weighted by Crippen LogP contribution is 2.31. The van der Waals surface area contributed by atoms with E-state index in [1.165, 1.54) is 0 Å². The van der Waals surface area contributed by atoms with E-state index in [1.807, 2.05) is 0 Å². The molecule has 1 aliphatic rings. The summed E-state index contributed by atoms with van der Waals surface area (Å²) in [6.45, 7) is 0. The Kier molecular flexibility index (Phi) is 2.59. The number of hydrogen-bond donors (Lipinski definition) is 6. The smallest absolute Gasteiger partial charge is 0.264 e. The van der Waals surface area contributed by atoms with Crippen LogP contribution in [0.15, 0.2) is 0 Å². The average molecular weight is 198 g/mol. The van der Waals surface area contributed by atoms with Crippen LogP contribution in [0, 0.1) is 0 Å². The fourth-order valence-corrected chi connectivity index (χ4v) is 1.23. The Morgan fingerprint density at radius 2 is 1.08 bits per heavy atom. The van der Waals surface area contributed by atoms with E-state index in [1.54, 1.807) is 0 Å². The molecular formula is C6H11FO6. The molecule has 1 aliphatic carbocycles. The zero-order valence-electron chi connectivity index (χ0n) is 6.45. The van der Waals surface area contributed by atoms with Crippen molar-refractivity contribution in [3.63, 3.8) is 0 Å². The van der Waals surface area contributed by atoms with Gasteiger partial charge in [0.25, 0.3) is 5.85 Å². The molecule has 0 aromatic carbocycles. The number of alkyl halides is 1. The highest BCUT2D eigenvalue weighted by atomic mass is 19.2. The van der Waals surface area contributed by atoms with E-state index in [-0.39, 0.29) is 0 Å². The summed E-state index contributed by atoms with van der Waals surface area (Å²) in [4.78, 5) is 0. The summed E-state index contributed by atoms with van der Waals surface area (Å²) in [6.07, 6.45) is -10.7. The minimum atomic E-state index is -3.53. The first-order valence-corrected chi connectivity index (χ1v) is 3.61. The molecule has 6 nitrogen and oxygen atoms in total. The molecule has 7 heteroatoms. The maximum Gasteiger partial charge on any atom is 0.264 e. The van der Waals surface area contributed by atoms with Crippen LogP contribution in [-0.2, 0) is 0 Å². The van der Waals surface area contributed by atoms with Crippen LogP contribution in [-0.4, -0.2) is 67.0 Å². The third-order valence-corrected chi connectivity index (χ3v) is 2.18. The van der Waals surface area contributed by atoms with Crippen molar-refractivity contribution in [2.75, 3.05) is 0 Å². The number of aliphatic hydroxyl groups is 6. The van der Waals surface area contributed by atoms with E-state index in [4.69, 9.17) is 30.6 Å². The molecule has 0 amide bonds. The first-order chi connectivity index (χ1) is 5.80. The van der Waals surface area contributed by atoms with E-state index >= 15 is 0 Å². The van der Waals surface area contributed by atoms with Crippen LogP contribution >= 0.6 is 0 Å². The molecule has 1 rings (SSSR count). The highest BCUT2D eigenvalue weighted by molar-refractivity contribution is 5.02. The van der Waals surface area contributed by atoms with Gasteiger partial charge in [0.05, 0.1) is 0 Å². The van der Waals surface area contributed by atoms with Gasteiger partial charge in [-0.2, -0.15) is 0 Å². The second-order valence-corrected chi connectivity index (χ2v) is 3.09. The molecule has 1 saturated carbocycles. The second kappa shape index (κ2) is 3.12. The standard InChI is InChI=1S/C6H11FO6/c7-6(13)4(11)2(9)1(8)3(10)5(6)12/h1-5,8-13H/t1?,2-,3+,4-,5-,6?/m1/s1. The fraction of sp³-hybridized carbons (Fsp3) is 1.00. The summed E-state index contributed by atoms with van der Waals surface area (Å²) in [5.74, 6) is -3.53. The fourth-order valence-electron chi connectivity index (χ4n) is 1.23. The molecule has 6 N–H and O–H groups in total. The Bertz CT molecular complexity index is 180. The molecule has 2 unspecified atom stereocenters. The highest BCUT2D eigenvalue weighted by Gasteiger charge is 2.58. The Labute approximate surface area is 72.5 Å². The van der Waals surface area contributed by atoms with Crippen molar-refractivity contribution < 1.29 is 35.0 Å². The van der Waals surface area contributed by atoms with Gasteiger partial charge in [-0.15, -0.1) is 0 Å². The van der Waals surface area contributed by atoms with Crippen molar-refractivity contribution in [2.24, 2.45) is 0 Å². The number of rotatable bonds is 0. The van der Waals surface area contributed by atoms with Crippen molar-refractivity contribution in [1.29, 1.82) is 0 Å². The zero-order chi connectivity index (χ0) is 10.4. The third-order valence-electron chi connectivity index (χ3n) is 2.18. The van der Waals surface area contributed by atoms with Gasteiger partial charge in [-0.05, 0) is 0 Å². The summed E-state index contributed by atoms with van der Waals surface area (Å²) in [7, 11) is 0. The normalized spacial score (nSPS) is 57.9. The lowest BCUT2D eigenvalue weighted by Crippen LogP contribution is -2.68. The largest absolute Gasteiger partial charge is 0.387 e. The Morgan fingerprint density at radius 3 is 1.38 bits per heavy atom. The van der Waals surface area contributed by atoms with Gasteiger partial charge in [0, 0.05) is 0 Å². The van der Waals surface area contributed by atoms with Gasteiger partial charge in [-0.3, -0.25) is 0 Å². The van der Waals surface area contributed by atoms with Crippen LogP contribution in [0.1, 0.15) is 0 Å². The SMILES string of the molecule is OC1[C@@H](O)[C@@H](O)C(O)(F)[C@H](O)[C@H]1O. The average Bonchev–Trinajstić information content (AvgIpc) is 2.09. The minimum Gasteiger partial charge on any atom is -0.387 e. The lowest BCUT2D eigenvalue weighted by Gasteiger charge is -2.42. The molecule has 0 radical (unpaired) electrons. The molecule has 0 aromatic heterocycles. The van der Waals surface area contributed by atoms with Crippen LogP contribution in [0.25, 0.3) is 0 Å². The van der Waals surface area contributed by atoms with E-state index in [9.17, 15) is 4.39 Å². The van der Waals surface area contributed by atoms with Gasteiger partial charge in [0.1, 0.15) is 30.5 Å². The quantitative estimate of drug-likeness (QED) is 0.240. The predicted octanol–water partition coefficient (Wildman–Crippen LogP) is -3.54. The second-order valence-electron chi connectivity index (χ2n) is 3.09. The molecule has 6 atom stereocenters. The van der Waals surface area contributed by atoms with Crippen molar-refractivity contribution in [3.05, 3.63) is 0 Å². The van der Waals surface area contributed by atoms with Gasteiger partial charge >= 0.3 is 0 Å². The van der Waals surface area contributed by atoms with Gasteiger partial charge in [-0.25, -0.2) is 4.39 Å². The van der Waals surface area contributed by atoms with Crippen molar-refractivity contribution in [2.45, 2.75) is 36.4 Å². The summed E-state index contributed by atoms with van der Waals surface area (Å²) in [5, 5.41) is 53.2. The first kappa shape index (κ1) is 10.8. The number of halogens is 1. The summed E-state index contributed by atoms with van der Waals surface area (Å²) < 4.78 is 13.0. The summed E-state index contributed by atoms with van der Waals surface area (Å²) in [6, 6.07) is 0. The van der Waals surface area contributed by atoms with E-state index in [0.717, 1.165) is 0 Å². The molecule has 0 spiro atoms. The molecule has 0 saturated heterocycles. The first-order valence-electron chi connectivity index (χ1n) is 3.61. The van der Waals surface area contributed by atoms with E-state index in [0.29, 0.717) is 0 Å². The topological polar surface area (TPSA) is 121 Å². The molecule has 1 fully saturated rings. The molecule has 0 heterocycles.